The van der Waals surface area contributed by atoms with Crippen molar-refractivity contribution in [3.63, 3.8) is 0 Å². The molecule has 1 aliphatic rings. The lowest BCUT2D eigenvalue weighted by Crippen LogP contribution is -2.51. The van der Waals surface area contributed by atoms with Crippen LogP contribution in [-0.2, 0) is 0 Å². The molecule has 126 valence electrons. The number of carbonyl (C=O) groups is 1. The first-order valence-corrected chi connectivity index (χ1v) is 7.56. The van der Waals surface area contributed by atoms with Gasteiger partial charge in [0.1, 0.15) is 0 Å². The van der Waals surface area contributed by atoms with Crippen LogP contribution in [0.5, 0.6) is 0 Å². The molecule has 23 heavy (non-hydrogen) atoms. The summed E-state index contributed by atoms with van der Waals surface area (Å²) in [5.74, 6) is 0.553. The lowest BCUT2D eigenvalue weighted by Gasteiger charge is -2.39. The SMILES string of the molecule is CC1CCCN(C(=O)c2ccc3ncccc3c2)C1CN.Cl.Cl. The smallest absolute Gasteiger partial charge is 0.254 e. The second-order valence-corrected chi connectivity index (χ2v) is 5.83. The number of hydrogen-bond donors (Lipinski definition) is 1. The summed E-state index contributed by atoms with van der Waals surface area (Å²) in [6.07, 6.45) is 3.96. The van der Waals surface area contributed by atoms with E-state index in [1.165, 1.54) is 0 Å². The third-order valence-electron chi connectivity index (χ3n) is 4.47. The van der Waals surface area contributed by atoms with E-state index in [9.17, 15) is 4.79 Å². The van der Waals surface area contributed by atoms with Gasteiger partial charge in [0, 0.05) is 36.3 Å². The molecule has 3 rings (SSSR count). The predicted octanol–water partition coefficient (Wildman–Crippen LogP) is 3.28. The third-order valence-corrected chi connectivity index (χ3v) is 4.47. The van der Waals surface area contributed by atoms with Crippen molar-refractivity contribution in [2.24, 2.45) is 11.7 Å². The minimum absolute atomic E-state index is 0. The molecule has 1 aliphatic heterocycles. The van der Waals surface area contributed by atoms with Crippen molar-refractivity contribution in [1.82, 2.24) is 9.88 Å². The summed E-state index contributed by atoms with van der Waals surface area (Å²) in [5, 5.41) is 0.998. The highest BCUT2D eigenvalue weighted by Gasteiger charge is 2.31. The second-order valence-electron chi connectivity index (χ2n) is 5.83. The van der Waals surface area contributed by atoms with Crippen molar-refractivity contribution in [1.29, 1.82) is 0 Å². The Kier molecular flexibility index (Phi) is 7.26. The predicted molar refractivity (Wildman–Crippen MR) is 98.5 cm³/mol. The van der Waals surface area contributed by atoms with Gasteiger partial charge in [0.15, 0.2) is 0 Å². The van der Waals surface area contributed by atoms with Gasteiger partial charge in [-0.2, -0.15) is 0 Å². The Hall–Kier alpha value is -1.36. The molecule has 1 aromatic heterocycles. The largest absolute Gasteiger partial charge is 0.334 e. The molecule has 0 radical (unpaired) electrons. The number of likely N-dealkylation sites (tertiary alicyclic amines) is 1. The molecule has 0 aliphatic carbocycles. The number of piperidine rings is 1. The maximum atomic E-state index is 12.8. The minimum atomic E-state index is 0. The molecule has 0 saturated carbocycles. The Morgan fingerprint density at radius 1 is 1.35 bits per heavy atom. The van der Waals surface area contributed by atoms with Crippen LogP contribution in [0.2, 0.25) is 0 Å². The molecule has 2 heterocycles. The minimum Gasteiger partial charge on any atom is -0.334 e. The number of rotatable bonds is 2. The molecule has 4 nitrogen and oxygen atoms in total. The van der Waals surface area contributed by atoms with Gasteiger partial charge in [0.05, 0.1) is 5.52 Å². The fraction of sp³-hybridized carbons (Fsp3) is 0.412. The Labute approximate surface area is 149 Å². The van der Waals surface area contributed by atoms with Crippen LogP contribution in [0.1, 0.15) is 30.1 Å². The van der Waals surface area contributed by atoms with E-state index in [4.69, 9.17) is 5.73 Å². The summed E-state index contributed by atoms with van der Waals surface area (Å²) in [4.78, 5) is 19.1. The number of hydrogen-bond acceptors (Lipinski definition) is 3. The van der Waals surface area contributed by atoms with E-state index in [1.807, 2.05) is 35.2 Å². The summed E-state index contributed by atoms with van der Waals surface area (Å²) >= 11 is 0. The molecular weight excluding hydrogens is 333 g/mol. The molecule has 6 heteroatoms. The Morgan fingerprint density at radius 2 is 2.13 bits per heavy atom. The van der Waals surface area contributed by atoms with Crippen LogP contribution in [-0.4, -0.2) is 34.9 Å². The number of fused-ring (bicyclic) bond motifs is 1. The van der Waals surface area contributed by atoms with Gasteiger partial charge in [-0.15, -0.1) is 24.8 Å². The van der Waals surface area contributed by atoms with Crippen LogP contribution in [0.15, 0.2) is 36.5 Å². The van der Waals surface area contributed by atoms with Gasteiger partial charge in [-0.1, -0.05) is 13.0 Å². The molecular formula is C17H23Cl2N3O. The number of carbonyl (C=O) groups excluding carboxylic acids is 1. The fourth-order valence-corrected chi connectivity index (χ4v) is 3.24. The normalized spacial score (nSPS) is 20.5. The van der Waals surface area contributed by atoms with Crippen LogP contribution in [0, 0.1) is 5.92 Å². The van der Waals surface area contributed by atoms with Crippen LogP contribution < -0.4 is 5.73 Å². The number of nitrogens with zero attached hydrogens (tertiary/aromatic N) is 2. The Balaban J connectivity index is 0.00000132. The monoisotopic (exact) mass is 355 g/mol. The highest BCUT2D eigenvalue weighted by Crippen LogP contribution is 2.25. The topological polar surface area (TPSA) is 59.2 Å². The number of nitrogens with two attached hydrogens (primary N) is 1. The van der Waals surface area contributed by atoms with Gasteiger partial charge in [0.25, 0.3) is 5.91 Å². The molecule has 2 unspecified atom stereocenters. The van der Waals surface area contributed by atoms with Crippen molar-refractivity contribution in [2.75, 3.05) is 13.1 Å². The van der Waals surface area contributed by atoms with Gasteiger partial charge in [-0.05, 0) is 43.0 Å². The lowest BCUT2D eigenvalue weighted by molar-refractivity contribution is 0.0533. The Bertz CT molecular complexity index is 665. The number of pyridine rings is 1. The van der Waals surface area contributed by atoms with Crippen molar-refractivity contribution < 1.29 is 4.79 Å². The fourth-order valence-electron chi connectivity index (χ4n) is 3.24. The van der Waals surface area contributed by atoms with E-state index in [-0.39, 0.29) is 36.8 Å². The number of halogens is 2. The second kappa shape index (κ2) is 8.48. The van der Waals surface area contributed by atoms with Gasteiger partial charge in [-0.3, -0.25) is 9.78 Å². The maximum absolute atomic E-state index is 12.8. The number of benzene rings is 1. The standard InChI is InChI=1S/C17H21N3O.2ClH/c1-12-4-3-9-20(16(12)11-18)17(21)14-6-7-15-13(10-14)5-2-8-19-15;;/h2,5-8,10,12,16H,3-4,9,11,18H2,1H3;2*1H. The Morgan fingerprint density at radius 3 is 2.87 bits per heavy atom. The zero-order chi connectivity index (χ0) is 14.8. The van der Waals surface area contributed by atoms with Crippen molar-refractivity contribution in [3.05, 3.63) is 42.1 Å². The van der Waals surface area contributed by atoms with Gasteiger partial charge >= 0.3 is 0 Å². The summed E-state index contributed by atoms with van der Waals surface area (Å²) in [7, 11) is 0. The summed E-state index contributed by atoms with van der Waals surface area (Å²) in [6.45, 7) is 3.51. The van der Waals surface area contributed by atoms with E-state index < -0.39 is 0 Å². The summed E-state index contributed by atoms with van der Waals surface area (Å²) in [6, 6.07) is 9.73. The van der Waals surface area contributed by atoms with Gasteiger partial charge < -0.3 is 10.6 Å². The first-order chi connectivity index (χ1) is 10.2. The van der Waals surface area contributed by atoms with E-state index >= 15 is 0 Å². The molecule has 2 aromatic rings. The van der Waals surface area contributed by atoms with E-state index in [2.05, 4.69) is 11.9 Å². The van der Waals surface area contributed by atoms with Crippen molar-refractivity contribution in [2.45, 2.75) is 25.8 Å². The molecule has 1 fully saturated rings. The average Bonchev–Trinajstić information content (AvgIpc) is 2.53. The zero-order valence-corrected chi connectivity index (χ0v) is 14.8. The van der Waals surface area contributed by atoms with Gasteiger partial charge in [0.2, 0.25) is 0 Å². The molecule has 0 spiro atoms. The molecule has 1 amide bonds. The first-order valence-electron chi connectivity index (χ1n) is 7.56. The van der Waals surface area contributed by atoms with Crippen LogP contribution in [0.25, 0.3) is 10.9 Å². The van der Waals surface area contributed by atoms with Crippen molar-refractivity contribution >= 4 is 41.6 Å². The molecule has 2 atom stereocenters. The van der Waals surface area contributed by atoms with Crippen molar-refractivity contribution in [3.8, 4) is 0 Å². The average molecular weight is 356 g/mol. The molecule has 2 N–H and O–H groups in total. The highest BCUT2D eigenvalue weighted by molar-refractivity contribution is 5.98. The molecule has 0 bridgehead atoms. The van der Waals surface area contributed by atoms with Crippen LogP contribution >= 0.6 is 24.8 Å². The number of amides is 1. The number of aromatic nitrogens is 1. The van der Waals surface area contributed by atoms with E-state index in [0.29, 0.717) is 12.5 Å². The quantitative estimate of drug-likeness (QED) is 0.898. The van der Waals surface area contributed by atoms with Crippen LogP contribution in [0.4, 0.5) is 0 Å². The van der Waals surface area contributed by atoms with Crippen LogP contribution in [0.3, 0.4) is 0 Å². The maximum Gasteiger partial charge on any atom is 0.254 e. The third kappa shape index (κ3) is 3.94. The zero-order valence-electron chi connectivity index (χ0n) is 13.1. The summed E-state index contributed by atoms with van der Waals surface area (Å²) in [5.41, 5.74) is 7.53. The first kappa shape index (κ1) is 19.7. The lowest BCUT2D eigenvalue weighted by atomic mass is 9.90. The summed E-state index contributed by atoms with van der Waals surface area (Å²) < 4.78 is 0. The highest BCUT2D eigenvalue weighted by atomic mass is 35.5. The van der Waals surface area contributed by atoms with Gasteiger partial charge in [-0.25, -0.2) is 0 Å². The van der Waals surface area contributed by atoms with E-state index in [1.54, 1.807) is 6.20 Å². The molecule has 1 aromatic carbocycles. The molecule has 1 saturated heterocycles. The van der Waals surface area contributed by atoms with E-state index in [0.717, 1.165) is 35.9 Å².